The summed E-state index contributed by atoms with van der Waals surface area (Å²) in [5, 5.41) is 3.45. The first-order chi connectivity index (χ1) is 14.5. The van der Waals surface area contributed by atoms with Gasteiger partial charge in [0.2, 0.25) is 0 Å². The first-order valence-corrected chi connectivity index (χ1v) is 11.0. The molecule has 0 atom stereocenters. The SMILES string of the molecule is CCCc1sc(NC(=O)c2ccc(OC)c(Br)c2)nc1-c1cc(OC)ccc1OC. The Morgan fingerprint density at radius 2 is 1.80 bits per heavy atom. The molecule has 8 heteroatoms. The number of hydrogen-bond acceptors (Lipinski definition) is 6. The number of carbonyl (C=O) groups excluding carboxylic acids is 1. The van der Waals surface area contributed by atoms with Gasteiger partial charge in [-0.15, -0.1) is 11.3 Å². The zero-order valence-electron chi connectivity index (χ0n) is 17.2. The van der Waals surface area contributed by atoms with Crippen molar-refractivity contribution >= 4 is 38.3 Å². The summed E-state index contributed by atoms with van der Waals surface area (Å²) in [4.78, 5) is 18.6. The number of ether oxygens (including phenoxy) is 3. The van der Waals surface area contributed by atoms with Crippen molar-refractivity contribution in [1.82, 2.24) is 4.98 Å². The predicted molar refractivity (Wildman–Crippen MR) is 123 cm³/mol. The average Bonchev–Trinajstić information content (AvgIpc) is 3.15. The molecule has 1 heterocycles. The molecule has 30 heavy (non-hydrogen) atoms. The van der Waals surface area contributed by atoms with Crippen LogP contribution in [0.2, 0.25) is 0 Å². The maximum atomic E-state index is 12.8. The largest absolute Gasteiger partial charge is 0.497 e. The minimum Gasteiger partial charge on any atom is -0.497 e. The fourth-order valence-electron chi connectivity index (χ4n) is 2.99. The highest BCUT2D eigenvalue weighted by atomic mass is 79.9. The van der Waals surface area contributed by atoms with E-state index in [-0.39, 0.29) is 5.91 Å². The van der Waals surface area contributed by atoms with Crippen molar-refractivity contribution in [3.8, 4) is 28.5 Å². The van der Waals surface area contributed by atoms with E-state index < -0.39 is 0 Å². The van der Waals surface area contributed by atoms with Crippen LogP contribution in [0.3, 0.4) is 0 Å². The number of aromatic nitrogens is 1. The van der Waals surface area contributed by atoms with Gasteiger partial charge in [0.1, 0.15) is 17.2 Å². The summed E-state index contributed by atoms with van der Waals surface area (Å²) < 4.78 is 16.8. The maximum Gasteiger partial charge on any atom is 0.257 e. The standard InChI is InChI=1S/C22H23BrN2O4S/c1-5-6-19-20(15-12-14(27-2)8-10-17(15)28-3)24-22(30-19)25-21(26)13-7-9-18(29-4)16(23)11-13/h7-12H,5-6H2,1-4H3,(H,24,25,26). The van der Waals surface area contributed by atoms with Crippen LogP contribution in [-0.4, -0.2) is 32.2 Å². The molecule has 0 aliphatic heterocycles. The van der Waals surface area contributed by atoms with E-state index in [0.29, 0.717) is 26.7 Å². The molecule has 158 valence electrons. The minimum absolute atomic E-state index is 0.237. The number of thiazole rings is 1. The third-order valence-electron chi connectivity index (χ3n) is 4.47. The topological polar surface area (TPSA) is 69.7 Å². The molecule has 6 nitrogen and oxygen atoms in total. The lowest BCUT2D eigenvalue weighted by atomic mass is 10.1. The van der Waals surface area contributed by atoms with Crippen molar-refractivity contribution in [2.24, 2.45) is 0 Å². The number of halogens is 1. The summed E-state index contributed by atoms with van der Waals surface area (Å²) in [6, 6.07) is 10.8. The van der Waals surface area contributed by atoms with Crippen LogP contribution < -0.4 is 19.5 Å². The third-order valence-corrected chi connectivity index (χ3v) is 6.12. The van der Waals surface area contributed by atoms with Gasteiger partial charge in [-0.2, -0.15) is 0 Å². The second-order valence-electron chi connectivity index (χ2n) is 6.41. The number of nitrogens with one attached hydrogen (secondary N) is 1. The Balaban J connectivity index is 1.95. The van der Waals surface area contributed by atoms with E-state index >= 15 is 0 Å². The normalized spacial score (nSPS) is 10.6. The molecule has 0 bridgehead atoms. The molecule has 0 saturated heterocycles. The summed E-state index contributed by atoms with van der Waals surface area (Å²) in [7, 11) is 4.83. The lowest BCUT2D eigenvalue weighted by Gasteiger charge is -2.10. The van der Waals surface area contributed by atoms with Gasteiger partial charge in [-0.1, -0.05) is 13.3 Å². The van der Waals surface area contributed by atoms with Gasteiger partial charge < -0.3 is 14.2 Å². The van der Waals surface area contributed by atoms with Gasteiger partial charge in [-0.05, 0) is 58.7 Å². The van der Waals surface area contributed by atoms with Crippen molar-refractivity contribution < 1.29 is 19.0 Å². The number of hydrogen-bond donors (Lipinski definition) is 1. The fourth-order valence-corrected chi connectivity index (χ4v) is 4.60. The summed E-state index contributed by atoms with van der Waals surface area (Å²) in [6.07, 6.45) is 1.80. The molecular weight excluding hydrogens is 468 g/mol. The highest BCUT2D eigenvalue weighted by Crippen LogP contribution is 2.39. The van der Waals surface area contributed by atoms with Crippen LogP contribution in [0.1, 0.15) is 28.6 Å². The molecule has 0 aliphatic rings. The zero-order chi connectivity index (χ0) is 21.7. The Kier molecular flexibility index (Phi) is 7.33. The molecule has 0 unspecified atom stereocenters. The lowest BCUT2D eigenvalue weighted by Crippen LogP contribution is -2.11. The molecule has 1 amide bonds. The Bertz CT molecular complexity index is 1050. The van der Waals surface area contributed by atoms with E-state index in [2.05, 4.69) is 28.2 Å². The molecule has 0 fully saturated rings. The van der Waals surface area contributed by atoms with Crippen LogP contribution in [0, 0.1) is 0 Å². The number of aryl methyl sites for hydroxylation is 1. The molecule has 1 aromatic heterocycles. The van der Waals surface area contributed by atoms with Crippen molar-refractivity contribution in [3.05, 3.63) is 51.3 Å². The van der Waals surface area contributed by atoms with E-state index in [1.807, 2.05) is 18.2 Å². The zero-order valence-corrected chi connectivity index (χ0v) is 19.6. The van der Waals surface area contributed by atoms with Crippen LogP contribution in [0.5, 0.6) is 17.2 Å². The van der Waals surface area contributed by atoms with Gasteiger partial charge in [0.25, 0.3) is 5.91 Å². The second kappa shape index (κ2) is 9.95. The van der Waals surface area contributed by atoms with Crippen molar-refractivity contribution in [2.45, 2.75) is 19.8 Å². The van der Waals surface area contributed by atoms with E-state index in [4.69, 9.17) is 19.2 Å². The van der Waals surface area contributed by atoms with Crippen LogP contribution in [0.25, 0.3) is 11.3 Å². The molecule has 0 spiro atoms. The van der Waals surface area contributed by atoms with Gasteiger partial charge in [0, 0.05) is 16.0 Å². The Morgan fingerprint density at radius 1 is 1.07 bits per heavy atom. The number of carbonyl (C=O) groups is 1. The molecule has 1 N–H and O–H groups in total. The number of methoxy groups -OCH3 is 3. The smallest absolute Gasteiger partial charge is 0.257 e. The lowest BCUT2D eigenvalue weighted by molar-refractivity contribution is 0.102. The van der Waals surface area contributed by atoms with Crippen LogP contribution in [0.15, 0.2) is 40.9 Å². The van der Waals surface area contributed by atoms with Crippen molar-refractivity contribution in [3.63, 3.8) is 0 Å². The number of rotatable bonds is 8. The predicted octanol–water partition coefficient (Wildman–Crippen LogP) is 5.80. The number of nitrogens with zero attached hydrogens (tertiary/aromatic N) is 1. The Labute approximate surface area is 188 Å². The molecule has 0 saturated carbocycles. The number of benzene rings is 2. The van der Waals surface area contributed by atoms with Crippen molar-refractivity contribution in [2.75, 3.05) is 26.6 Å². The van der Waals surface area contributed by atoms with Crippen LogP contribution >= 0.6 is 27.3 Å². The van der Waals surface area contributed by atoms with Gasteiger partial charge in [-0.25, -0.2) is 4.98 Å². The van der Waals surface area contributed by atoms with Gasteiger partial charge in [0.15, 0.2) is 5.13 Å². The fraction of sp³-hybridized carbons (Fsp3) is 0.273. The Morgan fingerprint density at radius 3 is 2.43 bits per heavy atom. The quantitative estimate of drug-likeness (QED) is 0.431. The highest BCUT2D eigenvalue weighted by Gasteiger charge is 2.19. The molecule has 2 aromatic carbocycles. The molecule has 3 rings (SSSR count). The minimum atomic E-state index is -0.237. The molecule has 0 aliphatic carbocycles. The van der Waals surface area contributed by atoms with Gasteiger partial charge in [0.05, 0.1) is 31.5 Å². The Hall–Kier alpha value is -2.58. The van der Waals surface area contributed by atoms with Gasteiger partial charge >= 0.3 is 0 Å². The van der Waals surface area contributed by atoms with Gasteiger partial charge in [-0.3, -0.25) is 10.1 Å². The third kappa shape index (κ3) is 4.76. The highest BCUT2D eigenvalue weighted by molar-refractivity contribution is 9.10. The van der Waals surface area contributed by atoms with Crippen LogP contribution in [-0.2, 0) is 6.42 Å². The first kappa shape index (κ1) is 22.1. The summed E-state index contributed by atoms with van der Waals surface area (Å²) >= 11 is 4.88. The van der Waals surface area contributed by atoms with Crippen LogP contribution in [0.4, 0.5) is 5.13 Å². The second-order valence-corrected chi connectivity index (χ2v) is 8.35. The molecule has 3 aromatic rings. The molecule has 0 radical (unpaired) electrons. The first-order valence-electron chi connectivity index (χ1n) is 9.37. The number of amides is 1. The molecular formula is C22H23BrN2O4S. The summed E-state index contributed by atoms with van der Waals surface area (Å²) in [5.41, 5.74) is 2.14. The van der Waals surface area contributed by atoms with E-state index in [1.54, 1.807) is 39.5 Å². The maximum absolute atomic E-state index is 12.8. The van der Waals surface area contributed by atoms with Crippen molar-refractivity contribution in [1.29, 1.82) is 0 Å². The monoisotopic (exact) mass is 490 g/mol. The average molecular weight is 491 g/mol. The van der Waals surface area contributed by atoms with E-state index in [1.165, 1.54) is 11.3 Å². The van der Waals surface area contributed by atoms with E-state index in [9.17, 15) is 4.79 Å². The van der Waals surface area contributed by atoms with E-state index in [0.717, 1.165) is 34.7 Å². The number of anilines is 1. The summed E-state index contributed by atoms with van der Waals surface area (Å²) in [6.45, 7) is 2.11. The summed E-state index contributed by atoms with van der Waals surface area (Å²) in [5.74, 6) is 1.85.